The van der Waals surface area contributed by atoms with Gasteiger partial charge in [0.2, 0.25) is 0 Å². The van der Waals surface area contributed by atoms with Gasteiger partial charge in [-0.3, -0.25) is 0 Å². The number of methoxy groups -OCH3 is 1. The minimum Gasteiger partial charge on any atom is -0.496 e. The van der Waals surface area contributed by atoms with Crippen LogP contribution in [0, 0.1) is 11.7 Å². The Kier molecular flexibility index (Phi) is 6.04. The van der Waals surface area contributed by atoms with Crippen molar-refractivity contribution in [3.05, 3.63) is 29.6 Å². The van der Waals surface area contributed by atoms with Crippen LogP contribution in [0.25, 0.3) is 0 Å². The molecule has 1 fully saturated rings. The van der Waals surface area contributed by atoms with Crippen molar-refractivity contribution in [2.75, 3.05) is 7.11 Å². The van der Waals surface area contributed by atoms with Crippen LogP contribution < -0.4 is 10.5 Å². The first-order chi connectivity index (χ1) is 8.63. The van der Waals surface area contributed by atoms with Crippen LogP contribution in [0.15, 0.2) is 18.2 Å². The summed E-state index contributed by atoms with van der Waals surface area (Å²) in [6.07, 6.45) is 3.62. The Morgan fingerprint density at radius 3 is 2.58 bits per heavy atom. The number of aliphatic hydroxyl groups is 1. The predicted molar refractivity (Wildman–Crippen MR) is 75.1 cm³/mol. The molecule has 19 heavy (non-hydrogen) atoms. The third kappa shape index (κ3) is 3.59. The molecule has 2 rings (SSSR count). The monoisotopic (exact) mass is 289 g/mol. The van der Waals surface area contributed by atoms with Gasteiger partial charge < -0.3 is 15.6 Å². The molecule has 0 heterocycles. The Bertz CT molecular complexity index is 410. The van der Waals surface area contributed by atoms with Gasteiger partial charge in [-0.1, -0.05) is 12.8 Å². The highest BCUT2D eigenvalue weighted by molar-refractivity contribution is 5.85. The molecule has 0 amide bonds. The minimum atomic E-state index is -0.636. The quantitative estimate of drug-likeness (QED) is 0.896. The van der Waals surface area contributed by atoms with Crippen LogP contribution in [0.3, 0.4) is 0 Å². The molecule has 1 aliphatic carbocycles. The van der Waals surface area contributed by atoms with Gasteiger partial charge in [0, 0.05) is 5.56 Å². The molecule has 0 bridgehead atoms. The van der Waals surface area contributed by atoms with Gasteiger partial charge in [-0.15, -0.1) is 12.4 Å². The number of hydrogen-bond acceptors (Lipinski definition) is 3. The van der Waals surface area contributed by atoms with Gasteiger partial charge in [0.15, 0.2) is 0 Å². The maximum absolute atomic E-state index is 13.3. The number of aliphatic hydroxyl groups excluding tert-OH is 1. The van der Waals surface area contributed by atoms with E-state index in [4.69, 9.17) is 10.5 Å². The first-order valence-electron chi connectivity index (χ1n) is 6.40. The molecule has 2 atom stereocenters. The van der Waals surface area contributed by atoms with E-state index in [1.807, 2.05) is 0 Å². The van der Waals surface area contributed by atoms with Crippen molar-refractivity contribution < 1.29 is 14.2 Å². The van der Waals surface area contributed by atoms with Gasteiger partial charge in [0.05, 0.1) is 19.3 Å². The van der Waals surface area contributed by atoms with Crippen LogP contribution >= 0.6 is 12.4 Å². The van der Waals surface area contributed by atoms with Gasteiger partial charge in [0.1, 0.15) is 11.6 Å². The highest BCUT2D eigenvalue weighted by atomic mass is 35.5. The van der Waals surface area contributed by atoms with Crippen molar-refractivity contribution >= 4 is 12.4 Å². The number of halogens is 2. The summed E-state index contributed by atoms with van der Waals surface area (Å²) in [5.41, 5.74) is 6.61. The molecule has 0 spiro atoms. The van der Waals surface area contributed by atoms with E-state index >= 15 is 0 Å². The van der Waals surface area contributed by atoms with E-state index in [9.17, 15) is 9.50 Å². The molecular weight excluding hydrogens is 269 g/mol. The van der Waals surface area contributed by atoms with Crippen molar-refractivity contribution in [2.45, 2.75) is 37.8 Å². The Morgan fingerprint density at radius 2 is 2.00 bits per heavy atom. The first-order valence-corrected chi connectivity index (χ1v) is 6.40. The molecule has 108 valence electrons. The number of hydrogen-bond donors (Lipinski definition) is 2. The Balaban J connectivity index is 0.00000180. The van der Waals surface area contributed by atoms with Crippen LogP contribution in [0.1, 0.15) is 37.3 Å². The third-order valence-electron chi connectivity index (χ3n) is 3.80. The maximum Gasteiger partial charge on any atom is 0.123 e. The molecule has 1 aromatic carbocycles. The molecular formula is C14H21ClFNO2. The second kappa shape index (κ2) is 7.08. The van der Waals surface area contributed by atoms with Crippen molar-refractivity contribution in [3.63, 3.8) is 0 Å². The van der Waals surface area contributed by atoms with Crippen LogP contribution in [-0.4, -0.2) is 18.3 Å². The average Bonchev–Trinajstić information content (AvgIpc) is 2.90. The van der Waals surface area contributed by atoms with Gasteiger partial charge >= 0.3 is 0 Å². The number of rotatable bonds is 4. The molecule has 0 radical (unpaired) electrons. The van der Waals surface area contributed by atoms with Crippen molar-refractivity contribution in [1.29, 1.82) is 0 Å². The van der Waals surface area contributed by atoms with Crippen molar-refractivity contribution in [1.82, 2.24) is 0 Å². The Morgan fingerprint density at radius 1 is 1.37 bits per heavy atom. The van der Waals surface area contributed by atoms with Gasteiger partial charge in [-0.2, -0.15) is 0 Å². The van der Waals surface area contributed by atoms with E-state index in [0.717, 1.165) is 25.7 Å². The number of nitrogens with two attached hydrogens (primary N) is 1. The highest BCUT2D eigenvalue weighted by Gasteiger charge is 2.30. The lowest BCUT2D eigenvalue weighted by Gasteiger charge is -2.25. The molecule has 3 nitrogen and oxygen atoms in total. The van der Waals surface area contributed by atoms with Crippen LogP contribution in [0.2, 0.25) is 0 Å². The third-order valence-corrected chi connectivity index (χ3v) is 3.80. The molecule has 1 aromatic rings. The number of ether oxygens (including phenoxy) is 1. The molecule has 3 N–H and O–H groups in total. The first kappa shape index (κ1) is 16.2. The Hall–Kier alpha value is -0.840. The van der Waals surface area contributed by atoms with E-state index in [1.165, 1.54) is 19.2 Å². The van der Waals surface area contributed by atoms with Crippen LogP contribution in [0.4, 0.5) is 4.39 Å². The average molecular weight is 290 g/mol. The van der Waals surface area contributed by atoms with Crippen LogP contribution in [-0.2, 0) is 0 Å². The van der Waals surface area contributed by atoms with Crippen molar-refractivity contribution in [2.24, 2.45) is 11.7 Å². The van der Waals surface area contributed by atoms with E-state index < -0.39 is 12.1 Å². The zero-order chi connectivity index (χ0) is 13.1. The van der Waals surface area contributed by atoms with Gasteiger partial charge in [-0.25, -0.2) is 4.39 Å². The largest absolute Gasteiger partial charge is 0.496 e. The predicted octanol–water partition coefficient (Wildman–Crippen LogP) is 2.81. The smallest absolute Gasteiger partial charge is 0.123 e. The standard InChI is InChI=1S/C14H20FNO2.ClH/c1-18-12-7-6-10(15)8-11(12)13(16)14(17)9-4-2-3-5-9;/h6-9,13-14,17H,2-5,16H2,1H3;1H/t13-,14+;/m0./s1. The fourth-order valence-corrected chi connectivity index (χ4v) is 2.74. The Labute approximate surface area is 119 Å². The summed E-state index contributed by atoms with van der Waals surface area (Å²) in [6, 6.07) is 3.63. The summed E-state index contributed by atoms with van der Waals surface area (Å²) in [4.78, 5) is 0. The van der Waals surface area contributed by atoms with E-state index in [-0.39, 0.29) is 24.1 Å². The minimum absolute atomic E-state index is 0. The summed E-state index contributed by atoms with van der Waals surface area (Å²) in [5, 5.41) is 10.3. The number of benzene rings is 1. The van der Waals surface area contributed by atoms with E-state index in [0.29, 0.717) is 11.3 Å². The van der Waals surface area contributed by atoms with Gasteiger partial charge in [-0.05, 0) is 37.0 Å². The fourth-order valence-electron chi connectivity index (χ4n) is 2.74. The topological polar surface area (TPSA) is 55.5 Å². The lowest BCUT2D eigenvalue weighted by Crippen LogP contribution is -2.32. The molecule has 5 heteroatoms. The summed E-state index contributed by atoms with van der Waals surface area (Å²) >= 11 is 0. The maximum atomic E-state index is 13.3. The summed E-state index contributed by atoms with van der Waals surface area (Å²) in [7, 11) is 1.52. The molecule has 1 aliphatic rings. The zero-order valence-electron chi connectivity index (χ0n) is 11.0. The van der Waals surface area contributed by atoms with Crippen molar-refractivity contribution in [3.8, 4) is 5.75 Å². The zero-order valence-corrected chi connectivity index (χ0v) is 11.8. The highest BCUT2D eigenvalue weighted by Crippen LogP contribution is 2.35. The molecule has 0 aromatic heterocycles. The molecule has 1 saturated carbocycles. The van der Waals surface area contributed by atoms with Gasteiger partial charge in [0.25, 0.3) is 0 Å². The van der Waals surface area contributed by atoms with Crippen LogP contribution in [0.5, 0.6) is 5.75 Å². The van der Waals surface area contributed by atoms with E-state index in [2.05, 4.69) is 0 Å². The molecule has 0 unspecified atom stereocenters. The molecule has 0 aliphatic heterocycles. The SMILES string of the molecule is COc1ccc(F)cc1[C@H](N)[C@H](O)C1CCCC1.Cl. The summed E-state index contributed by atoms with van der Waals surface area (Å²) in [6.45, 7) is 0. The second-order valence-electron chi connectivity index (χ2n) is 4.95. The lowest BCUT2D eigenvalue weighted by molar-refractivity contribution is 0.0835. The lowest BCUT2D eigenvalue weighted by atomic mass is 9.90. The molecule has 0 saturated heterocycles. The second-order valence-corrected chi connectivity index (χ2v) is 4.95. The summed E-state index contributed by atoms with van der Waals surface area (Å²) in [5.74, 6) is 0.383. The fraction of sp³-hybridized carbons (Fsp3) is 0.571. The van der Waals surface area contributed by atoms with E-state index in [1.54, 1.807) is 6.07 Å². The normalized spacial score (nSPS) is 18.7. The summed E-state index contributed by atoms with van der Waals surface area (Å²) < 4.78 is 18.5.